The molecule has 0 aliphatic carbocycles. The lowest BCUT2D eigenvalue weighted by molar-refractivity contribution is -0.433. The summed E-state index contributed by atoms with van der Waals surface area (Å²) >= 11 is 0.0627. The van der Waals surface area contributed by atoms with E-state index >= 15 is 0 Å². The van der Waals surface area contributed by atoms with E-state index in [0.29, 0.717) is 0 Å². The van der Waals surface area contributed by atoms with Crippen LogP contribution in [0, 0.1) is 5.92 Å². The molecule has 1 unspecified atom stereocenters. The SMILES string of the molecule is C=CCOC(=O)NCC[C@@H](O)[C@@H]1NC(=O)[C@H]([C@H](O)Cc2ccc(O)c(OSOOO)c2)NC(=O)[C@@H]2C[C@@H](O)CN2C(=O)[C@H]([C@@H](C)O)NC(=O)C(NC(=O)OC(C)(C)C)C[C@@H](O)CNC(=O)[C@@H]2[C@@H](O)[C@@H](C)CN2C1=O. The molecule has 4 rings (SSSR count). The number of phenols is 1. The molecule has 1 aromatic rings. The number of carbonyl (C=O) groups excluding carboxylic acids is 8. The fraction of sp³-hybridized carbons (Fsp3) is 0.636. The number of aliphatic hydroxyl groups excluding tert-OH is 6. The van der Waals surface area contributed by atoms with Gasteiger partial charge >= 0.3 is 12.2 Å². The maximum atomic E-state index is 14.7. The minimum absolute atomic E-state index is 0.0627. The van der Waals surface area contributed by atoms with E-state index in [1.165, 1.54) is 39.8 Å². The number of aliphatic hydroxyl groups is 6. The zero-order valence-corrected chi connectivity index (χ0v) is 41.9. The van der Waals surface area contributed by atoms with Gasteiger partial charge in [-0.05, 0) is 51.8 Å². The predicted molar refractivity (Wildman–Crippen MR) is 252 cm³/mol. The van der Waals surface area contributed by atoms with Crippen molar-refractivity contribution in [3.8, 4) is 11.5 Å². The van der Waals surface area contributed by atoms with Gasteiger partial charge in [0.25, 0.3) is 12.3 Å². The van der Waals surface area contributed by atoms with E-state index in [-0.39, 0.29) is 43.3 Å². The number of amides is 8. The summed E-state index contributed by atoms with van der Waals surface area (Å²) in [5.41, 5.74) is -0.993. The lowest BCUT2D eigenvalue weighted by atomic mass is 9.98. The Balaban J connectivity index is 1.85. The third-order valence-corrected chi connectivity index (χ3v) is 12.2. The molecule has 3 saturated heterocycles. The first-order valence-corrected chi connectivity index (χ1v) is 24.0. The van der Waals surface area contributed by atoms with Crippen LogP contribution in [0.5, 0.6) is 11.5 Å². The Morgan fingerprint density at radius 1 is 0.878 bits per heavy atom. The van der Waals surface area contributed by atoms with E-state index in [1.807, 2.05) is 0 Å². The molecule has 414 valence electrons. The number of rotatable bonds is 15. The second kappa shape index (κ2) is 27.4. The average molecular weight is 1080 g/mol. The van der Waals surface area contributed by atoms with Gasteiger partial charge in [0.1, 0.15) is 48.5 Å². The van der Waals surface area contributed by atoms with Crippen molar-refractivity contribution >= 4 is 60.0 Å². The van der Waals surface area contributed by atoms with Crippen LogP contribution in [0.25, 0.3) is 0 Å². The van der Waals surface area contributed by atoms with Crippen molar-refractivity contribution in [2.75, 3.05) is 32.8 Å². The summed E-state index contributed by atoms with van der Waals surface area (Å²) in [5.74, 6) is -8.81. The van der Waals surface area contributed by atoms with Crippen LogP contribution in [0.1, 0.15) is 59.4 Å². The number of fused-ring (bicyclic) bond motifs is 2. The molecule has 1 aromatic carbocycles. The molecule has 3 aliphatic rings. The van der Waals surface area contributed by atoms with Crippen LogP contribution in [0.2, 0.25) is 0 Å². The van der Waals surface area contributed by atoms with Gasteiger partial charge in [-0.25, -0.2) is 14.8 Å². The number of benzene rings is 1. The minimum Gasteiger partial charge on any atom is -0.504 e. The summed E-state index contributed by atoms with van der Waals surface area (Å²) in [6.07, 6.45) is -13.5. The number of hydrogen-bond donors (Lipinski definition) is 14. The largest absolute Gasteiger partial charge is 0.504 e. The molecular weight excluding hydrogens is 1010 g/mol. The number of carbonyl (C=O) groups is 8. The fourth-order valence-electron chi connectivity index (χ4n) is 8.22. The maximum absolute atomic E-state index is 14.7. The quantitative estimate of drug-likeness (QED) is 0.0262. The molecule has 0 radical (unpaired) electrons. The maximum Gasteiger partial charge on any atom is 0.408 e. The van der Waals surface area contributed by atoms with Crippen molar-refractivity contribution in [3.63, 3.8) is 0 Å². The van der Waals surface area contributed by atoms with Gasteiger partial charge in [0.05, 0.1) is 36.6 Å². The Bertz CT molecular complexity index is 2170. The number of nitrogens with zero attached hydrogens (tertiary/aromatic N) is 2. The van der Waals surface area contributed by atoms with Crippen LogP contribution in [0.15, 0.2) is 30.9 Å². The predicted octanol–water partition coefficient (Wildman–Crippen LogP) is -3.90. The Hall–Kier alpha value is -6.09. The fourth-order valence-corrected chi connectivity index (χ4v) is 8.48. The van der Waals surface area contributed by atoms with Crippen molar-refractivity contribution in [2.45, 2.75) is 139 Å². The van der Waals surface area contributed by atoms with E-state index in [2.05, 4.69) is 47.9 Å². The summed E-state index contributed by atoms with van der Waals surface area (Å²) in [4.78, 5) is 113. The molecule has 13 atom stereocenters. The average Bonchev–Trinajstić information content (AvgIpc) is 3.87. The van der Waals surface area contributed by atoms with E-state index < -0.39 is 177 Å². The number of ether oxygens (including phenoxy) is 2. The summed E-state index contributed by atoms with van der Waals surface area (Å²) in [6, 6.07) is -7.87. The van der Waals surface area contributed by atoms with Gasteiger partial charge in [0, 0.05) is 51.4 Å². The molecule has 0 bridgehead atoms. The molecule has 30 heteroatoms. The molecular formula is C44H66N8O21S. The highest BCUT2D eigenvalue weighted by atomic mass is 32.2. The van der Waals surface area contributed by atoms with Gasteiger partial charge in [-0.2, -0.15) is 0 Å². The monoisotopic (exact) mass is 1070 g/mol. The first kappa shape index (κ1) is 60.5. The topological polar surface area (TPSA) is 423 Å². The van der Waals surface area contributed by atoms with E-state index in [0.717, 1.165) is 28.9 Å². The number of alkyl carbamates (subject to hydrolysis) is 2. The molecule has 0 saturated carbocycles. The van der Waals surface area contributed by atoms with Crippen LogP contribution >= 0.6 is 12.3 Å². The van der Waals surface area contributed by atoms with Crippen LogP contribution in [-0.2, 0) is 54.0 Å². The number of hydrogen-bond acceptors (Lipinski definition) is 22. The molecule has 29 nitrogen and oxygen atoms in total. The van der Waals surface area contributed by atoms with Crippen LogP contribution in [-0.4, -0.2) is 210 Å². The van der Waals surface area contributed by atoms with Gasteiger partial charge in [-0.15, -0.1) is 0 Å². The molecule has 74 heavy (non-hydrogen) atoms. The zero-order valence-electron chi connectivity index (χ0n) is 41.1. The molecule has 0 spiro atoms. The smallest absolute Gasteiger partial charge is 0.408 e. The van der Waals surface area contributed by atoms with Gasteiger partial charge in [-0.1, -0.05) is 35.0 Å². The Morgan fingerprint density at radius 2 is 1.54 bits per heavy atom. The number of aromatic hydroxyl groups is 1. The lowest BCUT2D eigenvalue weighted by Crippen LogP contribution is -2.64. The molecule has 14 N–H and O–H groups in total. The lowest BCUT2D eigenvalue weighted by Gasteiger charge is -2.34. The van der Waals surface area contributed by atoms with Gasteiger partial charge in [0.2, 0.25) is 35.4 Å². The van der Waals surface area contributed by atoms with Gasteiger partial charge in [0.15, 0.2) is 11.5 Å². The number of phenolic OH excluding ortho intramolecular Hbond substituents is 1. The highest BCUT2D eigenvalue weighted by Gasteiger charge is 2.50. The first-order valence-electron chi connectivity index (χ1n) is 23.3. The molecule has 0 aromatic heterocycles. The van der Waals surface area contributed by atoms with Crippen LogP contribution < -0.4 is 36.1 Å². The third kappa shape index (κ3) is 17.0. The first-order chi connectivity index (χ1) is 34.8. The van der Waals surface area contributed by atoms with E-state index in [4.69, 9.17) is 18.9 Å². The molecule has 3 heterocycles. The molecule has 8 amide bonds. The van der Waals surface area contributed by atoms with Crippen molar-refractivity contribution in [1.82, 2.24) is 41.7 Å². The normalized spacial score (nSPS) is 27.9. The molecule has 3 aliphatic heterocycles. The van der Waals surface area contributed by atoms with E-state index in [9.17, 15) is 74.1 Å². The second-order valence-corrected chi connectivity index (χ2v) is 19.3. The minimum atomic E-state index is -2.16. The Kier molecular flexibility index (Phi) is 22.4. The summed E-state index contributed by atoms with van der Waals surface area (Å²) in [7, 11) is 0. The van der Waals surface area contributed by atoms with Crippen LogP contribution in [0.3, 0.4) is 0 Å². The molecule has 3 fully saturated rings. The summed E-state index contributed by atoms with van der Waals surface area (Å²) in [6.45, 7) is 8.38. The number of β-amino-alcohol motifs (C(OH)–C–C–N with tert-alkyl or cyclic N) is 1. The second-order valence-electron chi connectivity index (χ2n) is 18.9. The summed E-state index contributed by atoms with van der Waals surface area (Å²) < 4.78 is 19.4. The van der Waals surface area contributed by atoms with Crippen molar-refractivity contribution in [2.24, 2.45) is 5.92 Å². The van der Waals surface area contributed by atoms with Crippen molar-refractivity contribution in [3.05, 3.63) is 36.4 Å². The zero-order chi connectivity index (χ0) is 55.2. The highest BCUT2D eigenvalue weighted by molar-refractivity contribution is 7.90. The highest BCUT2D eigenvalue weighted by Crippen LogP contribution is 2.31. The summed E-state index contributed by atoms with van der Waals surface area (Å²) in [5, 5.41) is 104. The standard InChI is InChI=1S/C44H66N8O21S/c1-7-12-69-42(66)45-11-10-28(57)33-41(65)52-18-20(2)35(59)34(52)39(63)46-17-23(54)15-25(47-43(67)70-44(4,5)6)36(60)48-31(21(3)53)40(64)51-19-24(55)16-26(51)37(61)49-32(38(62)50-33)29(58)13-22-8-9-27(56)30(14-22)71-74-73-72-68/h7-9,14,20-21,23-26,28-29,31-35,53-59,68H,1,10-13,15-19H2,2-6H3,(H,45,66)(H,46,63)(H,47,67)(H,48,60)(H,49,61)(H,50,62)/t20-,21+,23+,24+,25?,26-,28+,29+,31-,32-,33-,34-,35-/m0/s1. The van der Waals surface area contributed by atoms with Gasteiger partial charge < -0.3 is 91.1 Å². The Labute approximate surface area is 428 Å². The van der Waals surface area contributed by atoms with E-state index in [1.54, 1.807) is 0 Å². The van der Waals surface area contributed by atoms with Crippen LogP contribution in [0.4, 0.5) is 9.59 Å². The van der Waals surface area contributed by atoms with Crippen molar-refractivity contribution in [1.29, 1.82) is 0 Å². The van der Waals surface area contributed by atoms with Crippen molar-refractivity contribution < 1.29 is 102 Å². The van der Waals surface area contributed by atoms with Gasteiger partial charge in [-0.3, -0.25) is 28.8 Å². The third-order valence-electron chi connectivity index (χ3n) is 11.8. The number of nitrogens with one attached hydrogen (secondary N) is 6. The Morgan fingerprint density at radius 3 is 2.19 bits per heavy atom.